The van der Waals surface area contributed by atoms with E-state index in [1.165, 1.54) is 74.1 Å². The molecule has 0 aromatic heterocycles. The number of fused-ring (bicyclic) bond motifs is 1. The molecule has 0 bridgehead atoms. The first-order valence-electron chi connectivity index (χ1n) is 15.9. The average Bonchev–Trinajstić information content (AvgIpc) is 3.31. The SMILES string of the molecule is CCCCCCCCCCCCN[C@@H](c1cccc2ccccc12)[C@H]1COC(C)(C)N1C(=O)OCc1ccccc1. The zero-order valence-electron chi connectivity index (χ0n) is 25.4. The molecule has 1 saturated heterocycles. The quantitative estimate of drug-likeness (QED) is 0.178. The third kappa shape index (κ3) is 8.80. The largest absolute Gasteiger partial charge is 0.444 e. The van der Waals surface area contributed by atoms with Gasteiger partial charge in [0, 0.05) is 0 Å². The van der Waals surface area contributed by atoms with Gasteiger partial charge in [-0.15, -0.1) is 0 Å². The van der Waals surface area contributed by atoms with E-state index in [-0.39, 0.29) is 24.8 Å². The molecule has 0 spiro atoms. The second-order valence-electron chi connectivity index (χ2n) is 11.9. The molecule has 5 heteroatoms. The minimum atomic E-state index is -0.764. The Balaban J connectivity index is 1.43. The topological polar surface area (TPSA) is 50.8 Å². The van der Waals surface area contributed by atoms with Gasteiger partial charge in [-0.1, -0.05) is 138 Å². The smallest absolute Gasteiger partial charge is 0.412 e. The predicted molar refractivity (Wildman–Crippen MR) is 169 cm³/mol. The van der Waals surface area contributed by atoms with Crippen molar-refractivity contribution in [3.8, 4) is 0 Å². The van der Waals surface area contributed by atoms with Crippen LogP contribution in [0.2, 0.25) is 0 Å². The number of carbonyl (C=O) groups excluding carboxylic acids is 1. The minimum absolute atomic E-state index is 0.0780. The summed E-state index contributed by atoms with van der Waals surface area (Å²) < 4.78 is 12.1. The summed E-state index contributed by atoms with van der Waals surface area (Å²) in [6.07, 6.45) is 12.8. The zero-order chi connectivity index (χ0) is 28.9. The van der Waals surface area contributed by atoms with Crippen molar-refractivity contribution < 1.29 is 14.3 Å². The van der Waals surface area contributed by atoms with E-state index in [9.17, 15) is 4.79 Å². The van der Waals surface area contributed by atoms with Crippen LogP contribution in [0.15, 0.2) is 72.8 Å². The monoisotopic (exact) mass is 558 g/mol. The molecule has 0 unspecified atom stereocenters. The van der Waals surface area contributed by atoms with Crippen LogP contribution in [0.3, 0.4) is 0 Å². The molecule has 5 nitrogen and oxygen atoms in total. The second-order valence-corrected chi connectivity index (χ2v) is 11.9. The van der Waals surface area contributed by atoms with Gasteiger partial charge in [-0.25, -0.2) is 4.79 Å². The normalized spacial score (nSPS) is 17.1. The van der Waals surface area contributed by atoms with Crippen molar-refractivity contribution >= 4 is 16.9 Å². The van der Waals surface area contributed by atoms with E-state index in [1.54, 1.807) is 0 Å². The van der Waals surface area contributed by atoms with E-state index < -0.39 is 5.72 Å². The number of carbonyl (C=O) groups is 1. The van der Waals surface area contributed by atoms with E-state index in [4.69, 9.17) is 9.47 Å². The summed E-state index contributed by atoms with van der Waals surface area (Å²) in [7, 11) is 0. The van der Waals surface area contributed by atoms with Crippen LogP contribution < -0.4 is 5.32 Å². The first-order chi connectivity index (χ1) is 20.0. The lowest BCUT2D eigenvalue weighted by molar-refractivity contribution is -0.0503. The first kappa shape index (κ1) is 31.1. The van der Waals surface area contributed by atoms with Gasteiger partial charge >= 0.3 is 6.09 Å². The molecule has 3 aromatic rings. The Bertz CT molecular complexity index is 1190. The summed E-state index contributed by atoms with van der Waals surface area (Å²) in [5, 5.41) is 6.27. The van der Waals surface area contributed by atoms with E-state index in [1.807, 2.05) is 49.1 Å². The molecule has 1 fully saturated rings. The fraction of sp³-hybridized carbons (Fsp3) is 0.528. The Kier molecular flexibility index (Phi) is 12.1. The molecular formula is C36H50N2O3. The number of benzene rings is 3. The van der Waals surface area contributed by atoms with E-state index in [0.717, 1.165) is 18.5 Å². The van der Waals surface area contributed by atoms with Crippen molar-refractivity contribution in [2.24, 2.45) is 0 Å². The summed E-state index contributed by atoms with van der Waals surface area (Å²) >= 11 is 0. The first-order valence-corrected chi connectivity index (χ1v) is 15.9. The maximum atomic E-state index is 13.6. The highest BCUT2D eigenvalue weighted by Crippen LogP contribution is 2.37. The van der Waals surface area contributed by atoms with Crippen molar-refractivity contribution in [3.05, 3.63) is 83.9 Å². The third-order valence-electron chi connectivity index (χ3n) is 8.36. The van der Waals surface area contributed by atoms with Crippen molar-refractivity contribution in [3.63, 3.8) is 0 Å². The molecule has 222 valence electrons. The Labute approximate surface area is 247 Å². The van der Waals surface area contributed by atoms with Gasteiger partial charge < -0.3 is 14.8 Å². The van der Waals surface area contributed by atoms with Gasteiger partial charge in [-0.05, 0) is 48.7 Å². The van der Waals surface area contributed by atoms with Crippen LogP contribution >= 0.6 is 0 Å². The van der Waals surface area contributed by atoms with Gasteiger partial charge in [0.1, 0.15) is 12.3 Å². The summed E-state index contributed by atoms with van der Waals surface area (Å²) in [6.45, 7) is 7.78. The summed E-state index contributed by atoms with van der Waals surface area (Å²) in [5.74, 6) is 0. The number of rotatable bonds is 16. The highest BCUT2D eigenvalue weighted by molar-refractivity contribution is 5.86. The number of hydrogen-bond donors (Lipinski definition) is 1. The van der Waals surface area contributed by atoms with Crippen molar-refractivity contribution in [2.45, 2.75) is 109 Å². The fourth-order valence-electron chi connectivity index (χ4n) is 6.07. The molecule has 4 rings (SSSR count). The molecular weight excluding hydrogens is 508 g/mol. The van der Waals surface area contributed by atoms with Gasteiger partial charge in [-0.3, -0.25) is 4.90 Å². The van der Waals surface area contributed by atoms with Crippen LogP contribution in [0.4, 0.5) is 4.79 Å². The van der Waals surface area contributed by atoms with E-state index in [0.29, 0.717) is 6.61 Å². The molecule has 41 heavy (non-hydrogen) atoms. The Morgan fingerprint density at radius 3 is 2.24 bits per heavy atom. The molecule has 1 aliphatic heterocycles. The molecule has 0 radical (unpaired) electrons. The predicted octanol–water partition coefficient (Wildman–Crippen LogP) is 9.17. The van der Waals surface area contributed by atoms with Gasteiger partial charge in [-0.2, -0.15) is 0 Å². The highest BCUT2D eigenvalue weighted by Gasteiger charge is 2.48. The zero-order valence-corrected chi connectivity index (χ0v) is 25.4. The van der Waals surface area contributed by atoms with Crippen LogP contribution in [0, 0.1) is 0 Å². The molecule has 2 atom stereocenters. The van der Waals surface area contributed by atoms with Crippen molar-refractivity contribution in [1.82, 2.24) is 10.2 Å². The van der Waals surface area contributed by atoms with Gasteiger partial charge in [0.15, 0.2) is 0 Å². The average molecular weight is 559 g/mol. The van der Waals surface area contributed by atoms with Crippen molar-refractivity contribution in [2.75, 3.05) is 13.2 Å². The minimum Gasteiger partial charge on any atom is -0.444 e. The number of unbranched alkanes of at least 4 members (excludes halogenated alkanes) is 9. The van der Waals surface area contributed by atoms with Crippen LogP contribution in [-0.4, -0.2) is 35.9 Å². The molecule has 1 aliphatic rings. The molecule has 3 aromatic carbocycles. The van der Waals surface area contributed by atoms with Crippen LogP contribution in [0.25, 0.3) is 10.8 Å². The lowest BCUT2D eigenvalue weighted by Gasteiger charge is -2.37. The van der Waals surface area contributed by atoms with E-state index in [2.05, 4.69) is 54.7 Å². The molecule has 1 amide bonds. The number of hydrogen-bond acceptors (Lipinski definition) is 4. The van der Waals surface area contributed by atoms with E-state index >= 15 is 0 Å². The third-order valence-corrected chi connectivity index (χ3v) is 8.36. The standard InChI is InChI=1S/C36H50N2O3/c1-4-5-6-7-8-9-10-11-12-18-26-37-34(32-25-19-23-30-22-16-17-24-31(30)32)33-28-41-36(2,3)38(33)35(39)40-27-29-20-14-13-15-21-29/h13-17,19-25,33-34,37H,4-12,18,26-28H2,1-3H3/t33-,34+/m1/s1. The number of nitrogens with zero attached hydrogens (tertiary/aromatic N) is 1. The van der Waals surface area contributed by atoms with Crippen LogP contribution in [0.5, 0.6) is 0 Å². The summed E-state index contributed by atoms with van der Waals surface area (Å²) in [6, 6.07) is 24.5. The van der Waals surface area contributed by atoms with Gasteiger partial charge in [0.05, 0.1) is 18.7 Å². The molecule has 0 aliphatic carbocycles. The Morgan fingerprint density at radius 1 is 0.878 bits per heavy atom. The Morgan fingerprint density at radius 2 is 1.51 bits per heavy atom. The maximum Gasteiger partial charge on any atom is 0.412 e. The molecule has 0 saturated carbocycles. The summed E-state index contributed by atoms with van der Waals surface area (Å²) in [5.41, 5.74) is 1.41. The lowest BCUT2D eigenvalue weighted by Crippen LogP contribution is -2.52. The lowest BCUT2D eigenvalue weighted by atomic mass is 9.93. The second kappa shape index (κ2) is 15.9. The molecule has 1 heterocycles. The van der Waals surface area contributed by atoms with Gasteiger partial charge in [0.2, 0.25) is 0 Å². The number of ether oxygens (including phenoxy) is 2. The van der Waals surface area contributed by atoms with Crippen LogP contribution in [-0.2, 0) is 16.1 Å². The summed E-state index contributed by atoms with van der Waals surface area (Å²) in [4.78, 5) is 15.4. The van der Waals surface area contributed by atoms with Gasteiger partial charge in [0.25, 0.3) is 0 Å². The maximum absolute atomic E-state index is 13.6. The van der Waals surface area contributed by atoms with Crippen molar-refractivity contribution in [1.29, 1.82) is 0 Å². The number of amides is 1. The van der Waals surface area contributed by atoms with Crippen LogP contribution in [0.1, 0.15) is 102 Å². The Hall–Kier alpha value is -2.89. The molecule has 1 N–H and O–H groups in total. The fourth-order valence-corrected chi connectivity index (χ4v) is 6.07. The highest BCUT2D eigenvalue weighted by atomic mass is 16.6. The number of nitrogens with one attached hydrogen (secondary N) is 1.